The van der Waals surface area contributed by atoms with Gasteiger partial charge in [0.15, 0.2) is 6.29 Å². The van der Waals surface area contributed by atoms with Gasteiger partial charge in [0, 0.05) is 29.9 Å². The zero-order chi connectivity index (χ0) is 24.8. The van der Waals surface area contributed by atoms with Crippen LogP contribution in [0.2, 0.25) is 0 Å². The van der Waals surface area contributed by atoms with Crippen molar-refractivity contribution < 1.29 is 14.9 Å². The molecule has 0 saturated heterocycles. The summed E-state index contributed by atoms with van der Waals surface area (Å²) in [5.41, 5.74) is 4.78. The molecule has 2 heterocycles. The molecule has 0 amide bonds. The van der Waals surface area contributed by atoms with Gasteiger partial charge in [0.25, 0.3) is 5.56 Å². The number of nitrogens with zero attached hydrogens (tertiary/aromatic N) is 1. The van der Waals surface area contributed by atoms with Crippen molar-refractivity contribution in [1.29, 1.82) is 0 Å². The summed E-state index contributed by atoms with van der Waals surface area (Å²) in [5.74, 6) is 7.88. The maximum absolute atomic E-state index is 12.5. The summed E-state index contributed by atoms with van der Waals surface area (Å²) in [7, 11) is 0. The van der Waals surface area contributed by atoms with Crippen LogP contribution >= 0.6 is 0 Å². The van der Waals surface area contributed by atoms with Crippen molar-refractivity contribution >= 4 is 16.5 Å². The van der Waals surface area contributed by atoms with Gasteiger partial charge in [-0.1, -0.05) is 54.6 Å². The van der Waals surface area contributed by atoms with Gasteiger partial charge < -0.3 is 20.3 Å². The molecule has 0 saturated carbocycles. The first-order valence-electron chi connectivity index (χ1n) is 11.7. The second-order valence-corrected chi connectivity index (χ2v) is 8.09. The van der Waals surface area contributed by atoms with Crippen LogP contribution in [0.1, 0.15) is 54.5 Å². The standard InChI is InChI=1S/C27H27N3O3.H4N2.H2O/c1-3-32-27(33-4-2)19-13-8-12-18(16-19)22-24(17-10-6-5-7-11-17)28-21-15-9-14-20-23(21)25(22)29-30-26(20)31;1-2;/h5-16,22,24,27-28H,3-4H2,1-2H3,(H,30,31);1-2H2;1H2. The summed E-state index contributed by atoms with van der Waals surface area (Å²) in [6.07, 6.45) is -0.428. The summed E-state index contributed by atoms with van der Waals surface area (Å²) >= 11 is 0. The van der Waals surface area contributed by atoms with Gasteiger partial charge in [0.2, 0.25) is 0 Å². The minimum atomic E-state index is -0.428. The maximum Gasteiger partial charge on any atom is 0.272 e. The Balaban J connectivity index is 0.00000117. The number of nitrogens with one attached hydrogen (secondary N) is 2. The van der Waals surface area contributed by atoms with E-state index in [2.05, 4.69) is 51.5 Å². The number of hydrazine groups is 1. The van der Waals surface area contributed by atoms with E-state index >= 15 is 0 Å². The van der Waals surface area contributed by atoms with E-state index in [4.69, 9.17) is 9.47 Å². The molecule has 8 N–H and O–H groups in total. The Morgan fingerprint density at radius 1 is 0.917 bits per heavy atom. The third kappa shape index (κ3) is 5.15. The van der Waals surface area contributed by atoms with Crippen molar-refractivity contribution in [3.05, 3.63) is 106 Å². The lowest BCUT2D eigenvalue weighted by Crippen LogP contribution is -2.28. The van der Waals surface area contributed by atoms with E-state index in [9.17, 15) is 4.79 Å². The van der Waals surface area contributed by atoms with Crippen molar-refractivity contribution in [1.82, 2.24) is 10.2 Å². The molecule has 36 heavy (non-hydrogen) atoms. The van der Waals surface area contributed by atoms with Crippen molar-refractivity contribution in [3.8, 4) is 0 Å². The Morgan fingerprint density at radius 3 is 2.28 bits per heavy atom. The van der Waals surface area contributed by atoms with Crippen LogP contribution in [-0.4, -0.2) is 28.9 Å². The van der Waals surface area contributed by atoms with E-state index in [1.807, 2.05) is 62.4 Å². The van der Waals surface area contributed by atoms with Gasteiger partial charge in [-0.25, -0.2) is 5.10 Å². The highest BCUT2D eigenvalue weighted by Gasteiger charge is 2.35. The molecular weight excluding hydrogens is 458 g/mol. The van der Waals surface area contributed by atoms with Crippen molar-refractivity contribution in [2.24, 2.45) is 11.7 Å². The topological polar surface area (TPSA) is 160 Å². The number of benzene rings is 3. The molecule has 1 aliphatic rings. The van der Waals surface area contributed by atoms with Crippen LogP contribution in [0.4, 0.5) is 5.69 Å². The molecule has 9 heteroatoms. The highest BCUT2D eigenvalue weighted by molar-refractivity contribution is 5.97. The summed E-state index contributed by atoms with van der Waals surface area (Å²) in [5, 5.41) is 12.5. The minimum absolute atomic E-state index is 0. The minimum Gasteiger partial charge on any atom is -0.412 e. The zero-order valence-electron chi connectivity index (χ0n) is 20.4. The molecule has 0 fully saturated rings. The average Bonchev–Trinajstić information content (AvgIpc) is 2.92. The molecule has 0 aliphatic carbocycles. The number of hydrogen-bond donors (Lipinski definition) is 4. The lowest BCUT2D eigenvalue weighted by Gasteiger charge is -2.35. The average molecular weight is 492 g/mol. The molecule has 9 nitrogen and oxygen atoms in total. The Bertz CT molecular complexity index is 1320. The van der Waals surface area contributed by atoms with Gasteiger partial charge in [-0.2, -0.15) is 5.10 Å². The lowest BCUT2D eigenvalue weighted by molar-refractivity contribution is -0.140. The number of anilines is 1. The number of ether oxygens (including phenoxy) is 2. The van der Waals surface area contributed by atoms with Gasteiger partial charge in [0.05, 0.1) is 23.0 Å². The fourth-order valence-electron chi connectivity index (χ4n) is 4.73. The second kappa shape index (κ2) is 12.4. The third-order valence-electron chi connectivity index (χ3n) is 6.12. The number of nitrogens with two attached hydrogens (primary N) is 2. The first-order valence-corrected chi connectivity index (χ1v) is 11.7. The number of aromatic amines is 1. The maximum atomic E-state index is 12.5. The van der Waals surface area contributed by atoms with E-state index in [1.54, 1.807) is 0 Å². The lowest BCUT2D eigenvalue weighted by atomic mass is 9.79. The van der Waals surface area contributed by atoms with Crippen LogP contribution in [0.15, 0.2) is 77.6 Å². The molecule has 2 atom stereocenters. The van der Waals surface area contributed by atoms with Crippen LogP contribution < -0.4 is 22.6 Å². The van der Waals surface area contributed by atoms with Crippen LogP contribution in [0.3, 0.4) is 0 Å². The van der Waals surface area contributed by atoms with Crippen LogP contribution in [0.5, 0.6) is 0 Å². The summed E-state index contributed by atoms with van der Waals surface area (Å²) in [4.78, 5) is 12.5. The van der Waals surface area contributed by atoms with Gasteiger partial charge in [-0.05, 0) is 43.2 Å². The summed E-state index contributed by atoms with van der Waals surface area (Å²) < 4.78 is 11.7. The Morgan fingerprint density at radius 2 is 1.58 bits per heavy atom. The second-order valence-electron chi connectivity index (χ2n) is 8.09. The van der Waals surface area contributed by atoms with Crippen LogP contribution in [0, 0.1) is 0 Å². The number of hydrogen-bond acceptors (Lipinski definition) is 7. The molecular formula is C27H33N5O4. The highest BCUT2D eigenvalue weighted by atomic mass is 16.7. The molecule has 3 aromatic carbocycles. The highest BCUT2D eigenvalue weighted by Crippen LogP contribution is 2.46. The quantitative estimate of drug-likeness (QED) is 0.175. The predicted octanol–water partition coefficient (Wildman–Crippen LogP) is 3.29. The number of H-pyrrole nitrogens is 1. The van der Waals surface area contributed by atoms with Crippen LogP contribution in [-0.2, 0) is 9.47 Å². The summed E-state index contributed by atoms with van der Waals surface area (Å²) in [6, 6.07) is 24.3. The van der Waals surface area contributed by atoms with E-state index in [0.29, 0.717) is 18.6 Å². The SMILES string of the molecule is CCOC(OCC)c1cccc(C2c3n[nH]c(=O)c4cccc(c34)NC2c2ccccc2)c1.NN.O. The van der Waals surface area contributed by atoms with Gasteiger partial charge in [0.1, 0.15) is 0 Å². The fourth-order valence-corrected chi connectivity index (χ4v) is 4.73. The predicted molar refractivity (Wildman–Crippen MR) is 141 cm³/mol. The molecule has 5 rings (SSSR count). The van der Waals surface area contributed by atoms with E-state index in [0.717, 1.165) is 33.5 Å². The molecule has 4 aromatic rings. The van der Waals surface area contributed by atoms with Gasteiger partial charge in [-0.3, -0.25) is 16.5 Å². The molecule has 0 spiro atoms. The van der Waals surface area contributed by atoms with Crippen molar-refractivity contribution in [2.75, 3.05) is 18.5 Å². The van der Waals surface area contributed by atoms with Crippen molar-refractivity contribution in [2.45, 2.75) is 32.1 Å². The van der Waals surface area contributed by atoms with E-state index < -0.39 is 6.29 Å². The number of rotatable bonds is 7. The zero-order valence-corrected chi connectivity index (χ0v) is 20.4. The van der Waals surface area contributed by atoms with Crippen molar-refractivity contribution in [3.63, 3.8) is 0 Å². The molecule has 1 aromatic heterocycles. The molecule has 2 unspecified atom stereocenters. The molecule has 0 radical (unpaired) electrons. The Labute approximate surface area is 209 Å². The largest absolute Gasteiger partial charge is 0.412 e. The molecule has 190 valence electrons. The molecule has 0 bridgehead atoms. The monoisotopic (exact) mass is 491 g/mol. The Kier molecular flexibility index (Phi) is 9.29. The van der Waals surface area contributed by atoms with Crippen LogP contribution in [0.25, 0.3) is 10.8 Å². The first kappa shape index (κ1) is 27.0. The molecule has 1 aliphatic heterocycles. The van der Waals surface area contributed by atoms with E-state index in [1.165, 1.54) is 0 Å². The smallest absolute Gasteiger partial charge is 0.272 e. The normalized spacial score (nSPS) is 16.0. The number of aromatic nitrogens is 2. The third-order valence-corrected chi connectivity index (χ3v) is 6.12. The first-order chi connectivity index (χ1) is 17.2. The summed E-state index contributed by atoms with van der Waals surface area (Å²) in [6.45, 7) is 5.04. The van der Waals surface area contributed by atoms with E-state index in [-0.39, 0.29) is 23.0 Å². The van der Waals surface area contributed by atoms with Gasteiger partial charge >= 0.3 is 0 Å². The Hall–Kier alpha value is -3.60. The van der Waals surface area contributed by atoms with Gasteiger partial charge in [-0.15, -0.1) is 0 Å². The fraction of sp³-hybridized carbons (Fsp3) is 0.259.